The quantitative estimate of drug-likeness (QED) is 0.714. The third kappa shape index (κ3) is 3.59. The molecule has 7 heteroatoms. The molecule has 2 heterocycles. The lowest BCUT2D eigenvalue weighted by Gasteiger charge is -2.22. The lowest BCUT2D eigenvalue weighted by Crippen LogP contribution is -2.26. The van der Waals surface area contributed by atoms with E-state index in [0.29, 0.717) is 28.7 Å². The van der Waals surface area contributed by atoms with Crippen LogP contribution < -0.4 is 19.7 Å². The molecule has 0 saturated carbocycles. The summed E-state index contributed by atoms with van der Waals surface area (Å²) < 4.78 is 10.5. The minimum atomic E-state index is -0.321. The molecule has 7 nitrogen and oxygen atoms in total. The van der Waals surface area contributed by atoms with Gasteiger partial charge < -0.3 is 19.7 Å². The molecule has 29 heavy (non-hydrogen) atoms. The Bertz CT molecular complexity index is 1040. The molecule has 1 aliphatic rings. The van der Waals surface area contributed by atoms with Gasteiger partial charge in [0.25, 0.3) is 5.91 Å². The summed E-state index contributed by atoms with van der Waals surface area (Å²) in [6.45, 7) is 2.14. The maximum absolute atomic E-state index is 12.7. The standard InChI is InChI=1S/C22H22N4O3/c1-14-10-15-6-4-5-7-19(15)26(14)22-23-12-16(13-24-22)21(27)25-18-11-17(28-2)8-9-20(18)29-3/h4-9,11-14H,10H2,1-3H3,(H,25,27). The van der Waals surface area contributed by atoms with E-state index < -0.39 is 0 Å². The zero-order valence-electron chi connectivity index (χ0n) is 16.5. The molecule has 4 rings (SSSR count). The van der Waals surface area contributed by atoms with E-state index in [0.717, 1.165) is 12.1 Å². The molecule has 0 fully saturated rings. The van der Waals surface area contributed by atoms with Gasteiger partial charge in [0.05, 0.1) is 25.5 Å². The number of rotatable bonds is 5. The van der Waals surface area contributed by atoms with Crippen molar-refractivity contribution in [2.24, 2.45) is 0 Å². The van der Waals surface area contributed by atoms with Crippen molar-refractivity contribution in [1.29, 1.82) is 0 Å². The molecule has 0 aliphatic carbocycles. The van der Waals surface area contributed by atoms with Crippen molar-refractivity contribution in [3.05, 3.63) is 66.0 Å². The molecular formula is C22H22N4O3. The van der Waals surface area contributed by atoms with Crippen molar-refractivity contribution in [1.82, 2.24) is 9.97 Å². The highest BCUT2D eigenvalue weighted by molar-refractivity contribution is 6.04. The van der Waals surface area contributed by atoms with Gasteiger partial charge in [0.2, 0.25) is 5.95 Å². The van der Waals surface area contributed by atoms with E-state index in [9.17, 15) is 4.79 Å². The second-order valence-electron chi connectivity index (χ2n) is 6.84. The van der Waals surface area contributed by atoms with Gasteiger partial charge >= 0.3 is 0 Å². The minimum Gasteiger partial charge on any atom is -0.497 e. The molecule has 1 unspecified atom stereocenters. The Balaban J connectivity index is 1.55. The van der Waals surface area contributed by atoms with Gasteiger partial charge in [-0.15, -0.1) is 0 Å². The Morgan fingerprint density at radius 2 is 1.86 bits per heavy atom. The number of amides is 1. The number of para-hydroxylation sites is 1. The molecule has 0 spiro atoms. The summed E-state index contributed by atoms with van der Waals surface area (Å²) >= 11 is 0. The maximum atomic E-state index is 12.7. The van der Waals surface area contributed by atoms with E-state index in [-0.39, 0.29) is 11.9 Å². The predicted molar refractivity (Wildman–Crippen MR) is 111 cm³/mol. The zero-order chi connectivity index (χ0) is 20.4. The van der Waals surface area contributed by atoms with Gasteiger partial charge in [-0.3, -0.25) is 4.79 Å². The summed E-state index contributed by atoms with van der Waals surface area (Å²) in [6, 6.07) is 13.7. The first-order chi connectivity index (χ1) is 14.1. The van der Waals surface area contributed by atoms with Crippen molar-refractivity contribution in [2.75, 3.05) is 24.4 Å². The number of carbonyl (C=O) groups is 1. The van der Waals surface area contributed by atoms with Crippen molar-refractivity contribution in [3.63, 3.8) is 0 Å². The molecule has 1 amide bonds. The summed E-state index contributed by atoms with van der Waals surface area (Å²) in [5, 5.41) is 2.83. The molecule has 1 aromatic heterocycles. The molecule has 0 bridgehead atoms. The largest absolute Gasteiger partial charge is 0.497 e. The smallest absolute Gasteiger partial charge is 0.258 e. The number of benzene rings is 2. The van der Waals surface area contributed by atoms with E-state index in [1.165, 1.54) is 18.0 Å². The van der Waals surface area contributed by atoms with Crippen LogP contribution in [0, 0.1) is 0 Å². The fraction of sp³-hybridized carbons (Fsp3) is 0.227. The highest BCUT2D eigenvalue weighted by atomic mass is 16.5. The van der Waals surface area contributed by atoms with Crippen molar-refractivity contribution >= 4 is 23.2 Å². The van der Waals surface area contributed by atoms with Crippen LogP contribution in [0.15, 0.2) is 54.9 Å². The number of nitrogens with one attached hydrogen (secondary N) is 1. The molecule has 148 valence electrons. The fourth-order valence-electron chi connectivity index (χ4n) is 3.54. The first kappa shape index (κ1) is 18.7. The summed E-state index contributed by atoms with van der Waals surface area (Å²) in [5.41, 5.74) is 3.26. The second-order valence-corrected chi connectivity index (χ2v) is 6.84. The van der Waals surface area contributed by atoms with Crippen molar-refractivity contribution in [3.8, 4) is 11.5 Å². The Morgan fingerprint density at radius 3 is 2.59 bits per heavy atom. The van der Waals surface area contributed by atoms with Crippen LogP contribution in [0.1, 0.15) is 22.8 Å². The molecule has 3 aromatic rings. The number of hydrogen-bond donors (Lipinski definition) is 1. The number of anilines is 3. The number of aromatic nitrogens is 2. The molecule has 2 aromatic carbocycles. The monoisotopic (exact) mass is 390 g/mol. The first-order valence-corrected chi connectivity index (χ1v) is 9.33. The summed E-state index contributed by atoms with van der Waals surface area (Å²) in [6.07, 6.45) is 4.02. The molecule has 1 atom stereocenters. The molecule has 1 aliphatic heterocycles. The molecule has 0 saturated heterocycles. The lowest BCUT2D eigenvalue weighted by atomic mass is 10.1. The number of methoxy groups -OCH3 is 2. The van der Waals surface area contributed by atoms with E-state index in [2.05, 4.69) is 39.2 Å². The maximum Gasteiger partial charge on any atom is 0.258 e. The third-order valence-corrected chi connectivity index (χ3v) is 4.98. The van der Waals surface area contributed by atoms with Gasteiger partial charge in [0, 0.05) is 30.2 Å². The molecular weight excluding hydrogens is 368 g/mol. The number of ether oxygens (including phenoxy) is 2. The van der Waals surface area contributed by atoms with Crippen molar-refractivity contribution in [2.45, 2.75) is 19.4 Å². The van der Waals surface area contributed by atoms with Crippen LogP contribution >= 0.6 is 0 Å². The van der Waals surface area contributed by atoms with E-state index in [1.807, 2.05) is 12.1 Å². The average Bonchev–Trinajstić information content (AvgIpc) is 3.09. The Morgan fingerprint density at radius 1 is 1.10 bits per heavy atom. The highest BCUT2D eigenvalue weighted by Crippen LogP contribution is 2.36. The summed E-state index contributed by atoms with van der Waals surface area (Å²) in [7, 11) is 3.11. The second kappa shape index (κ2) is 7.79. The Labute approximate surface area is 169 Å². The van der Waals surface area contributed by atoms with Crippen LogP contribution in [0.2, 0.25) is 0 Å². The normalized spacial score (nSPS) is 15.0. The van der Waals surface area contributed by atoms with E-state index in [1.54, 1.807) is 32.4 Å². The predicted octanol–water partition coefficient (Wildman–Crippen LogP) is 3.83. The van der Waals surface area contributed by atoms with Gasteiger partial charge in [0.1, 0.15) is 11.5 Å². The first-order valence-electron chi connectivity index (χ1n) is 9.33. The number of hydrogen-bond acceptors (Lipinski definition) is 6. The molecule has 0 radical (unpaired) electrons. The highest BCUT2D eigenvalue weighted by Gasteiger charge is 2.28. The Hall–Kier alpha value is -3.61. The van der Waals surface area contributed by atoms with E-state index >= 15 is 0 Å². The van der Waals surface area contributed by atoms with Crippen molar-refractivity contribution < 1.29 is 14.3 Å². The number of nitrogens with zero attached hydrogens (tertiary/aromatic N) is 3. The SMILES string of the molecule is COc1ccc(OC)c(NC(=O)c2cnc(N3c4ccccc4CC3C)nc2)c1. The van der Waals surface area contributed by atoms with Gasteiger partial charge in [-0.1, -0.05) is 18.2 Å². The van der Waals surface area contributed by atoms with Gasteiger partial charge in [-0.25, -0.2) is 9.97 Å². The van der Waals surface area contributed by atoms with Gasteiger partial charge in [-0.05, 0) is 37.1 Å². The lowest BCUT2D eigenvalue weighted by molar-refractivity contribution is 0.102. The van der Waals surface area contributed by atoms with Gasteiger partial charge in [-0.2, -0.15) is 0 Å². The number of carbonyl (C=O) groups excluding carboxylic acids is 1. The molecule has 1 N–H and O–H groups in total. The average molecular weight is 390 g/mol. The zero-order valence-corrected chi connectivity index (χ0v) is 16.5. The third-order valence-electron chi connectivity index (χ3n) is 4.98. The van der Waals surface area contributed by atoms with Crippen LogP contribution in [0.5, 0.6) is 11.5 Å². The Kier molecular flexibility index (Phi) is 5.03. The number of fused-ring (bicyclic) bond motifs is 1. The fourth-order valence-corrected chi connectivity index (χ4v) is 3.54. The summed E-state index contributed by atoms with van der Waals surface area (Å²) in [5.74, 6) is 1.42. The van der Waals surface area contributed by atoms with Crippen LogP contribution in [0.25, 0.3) is 0 Å². The van der Waals surface area contributed by atoms with Gasteiger partial charge in [0.15, 0.2) is 0 Å². The van der Waals surface area contributed by atoms with Crippen LogP contribution in [-0.2, 0) is 6.42 Å². The van der Waals surface area contributed by atoms with Crippen LogP contribution in [0.4, 0.5) is 17.3 Å². The van der Waals surface area contributed by atoms with E-state index in [4.69, 9.17) is 9.47 Å². The summed E-state index contributed by atoms with van der Waals surface area (Å²) in [4.78, 5) is 23.7. The van der Waals surface area contributed by atoms with Crippen LogP contribution in [-0.4, -0.2) is 36.1 Å². The topological polar surface area (TPSA) is 76.6 Å². The minimum absolute atomic E-state index is 0.258. The van der Waals surface area contributed by atoms with Crippen LogP contribution in [0.3, 0.4) is 0 Å².